The summed E-state index contributed by atoms with van der Waals surface area (Å²) in [5.41, 5.74) is 1.57. The molecule has 1 atom stereocenters. The lowest BCUT2D eigenvalue weighted by Gasteiger charge is -2.41. The zero-order valence-corrected chi connectivity index (χ0v) is 16.5. The predicted molar refractivity (Wildman–Crippen MR) is 103 cm³/mol. The van der Waals surface area contributed by atoms with E-state index in [1.165, 1.54) is 11.3 Å². The van der Waals surface area contributed by atoms with Gasteiger partial charge in [-0.25, -0.2) is 4.98 Å². The topological polar surface area (TPSA) is 75.2 Å². The first-order valence-corrected chi connectivity index (χ1v) is 10.2. The molecule has 0 aromatic carbocycles. The van der Waals surface area contributed by atoms with E-state index in [-0.39, 0.29) is 23.1 Å². The summed E-state index contributed by atoms with van der Waals surface area (Å²) in [5.74, 6) is -0.0921. The van der Waals surface area contributed by atoms with Gasteiger partial charge in [-0.3, -0.25) is 14.6 Å². The van der Waals surface area contributed by atoms with Gasteiger partial charge in [-0.1, -0.05) is 12.5 Å². The molecule has 6 nitrogen and oxygen atoms in total. The number of aryl methyl sites for hydroxylation is 2. The van der Waals surface area contributed by atoms with Crippen LogP contribution in [0, 0.1) is 25.2 Å². The van der Waals surface area contributed by atoms with Crippen LogP contribution in [0.1, 0.15) is 45.3 Å². The quantitative estimate of drug-likeness (QED) is 0.879. The van der Waals surface area contributed by atoms with Crippen LogP contribution in [0.2, 0.25) is 0 Å². The van der Waals surface area contributed by atoms with Gasteiger partial charge >= 0.3 is 0 Å². The number of nitrogens with one attached hydrogen (secondary N) is 1. The van der Waals surface area contributed by atoms with Gasteiger partial charge in [0.1, 0.15) is 4.88 Å². The normalized spacial score (nSPS) is 20.5. The van der Waals surface area contributed by atoms with E-state index in [2.05, 4.69) is 15.3 Å². The molecule has 0 radical (unpaired) electrons. The number of aromatic nitrogens is 2. The standard InChI is InChI=1S/C20H24N4O2S/c1-13-17(27-14(2)23-13)19(26)24-11-16(20(12-24)7-5-8-20)18(25)22-10-15-6-3-4-9-21-15/h3-4,6,9,16H,5,7-8,10-12H2,1-2H3,(H,22,25). The molecule has 2 amide bonds. The van der Waals surface area contributed by atoms with E-state index < -0.39 is 0 Å². The summed E-state index contributed by atoms with van der Waals surface area (Å²) in [6.07, 6.45) is 4.88. The number of carbonyl (C=O) groups is 2. The Kier molecular flexibility index (Phi) is 4.72. The van der Waals surface area contributed by atoms with Crippen LogP contribution in [0.25, 0.3) is 0 Å². The molecule has 0 bridgehead atoms. The van der Waals surface area contributed by atoms with Crippen molar-refractivity contribution in [3.63, 3.8) is 0 Å². The molecular formula is C20H24N4O2S. The van der Waals surface area contributed by atoms with Gasteiger partial charge in [0.25, 0.3) is 5.91 Å². The van der Waals surface area contributed by atoms with Crippen molar-refractivity contribution in [1.29, 1.82) is 0 Å². The summed E-state index contributed by atoms with van der Waals surface area (Å²) < 4.78 is 0. The molecule has 2 aromatic heterocycles. The number of nitrogens with zero attached hydrogens (tertiary/aromatic N) is 3. The monoisotopic (exact) mass is 384 g/mol. The molecule has 1 unspecified atom stereocenters. The third-order valence-corrected chi connectivity index (χ3v) is 6.93. The number of thiazole rings is 1. The highest BCUT2D eigenvalue weighted by Gasteiger charge is 2.54. The maximum atomic E-state index is 13.0. The lowest BCUT2D eigenvalue weighted by Crippen LogP contribution is -2.45. The Morgan fingerprint density at radius 2 is 2.15 bits per heavy atom. The molecule has 2 aromatic rings. The van der Waals surface area contributed by atoms with Gasteiger partial charge in [-0.05, 0) is 38.8 Å². The SMILES string of the molecule is Cc1nc(C)c(C(=O)N2CC(C(=O)NCc3ccccn3)C3(CCC3)C2)s1. The number of amides is 2. The molecule has 4 rings (SSSR count). The second-order valence-corrected chi connectivity index (χ2v) is 8.84. The Labute approximate surface area is 163 Å². The fraction of sp³-hybridized carbons (Fsp3) is 0.500. The molecule has 1 aliphatic carbocycles. The summed E-state index contributed by atoms with van der Waals surface area (Å²) in [6.45, 7) is 5.38. The Balaban J connectivity index is 1.47. The predicted octanol–water partition coefficient (Wildman–Crippen LogP) is 2.71. The van der Waals surface area contributed by atoms with Gasteiger partial charge < -0.3 is 10.2 Å². The van der Waals surface area contributed by atoms with Crippen molar-refractivity contribution >= 4 is 23.2 Å². The number of likely N-dealkylation sites (tertiary alicyclic amines) is 1. The molecule has 1 saturated heterocycles. The molecule has 1 saturated carbocycles. The van der Waals surface area contributed by atoms with E-state index in [9.17, 15) is 9.59 Å². The van der Waals surface area contributed by atoms with Crippen molar-refractivity contribution in [2.45, 2.75) is 39.7 Å². The van der Waals surface area contributed by atoms with E-state index in [0.29, 0.717) is 24.5 Å². The molecule has 1 N–H and O–H groups in total. The zero-order valence-electron chi connectivity index (χ0n) is 15.7. The molecule has 142 valence electrons. The summed E-state index contributed by atoms with van der Waals surface area (Å²) in [5, 5.41) is 3.93. The minimum atomic E-state index is -0.145. The van der Waals surface area contributed by atoms with Gasteiger partial charge in [0.2, 0.25) is 5.91 Å². The largest absolute Gasteiger partial charge is 0.350 e. The molecular weight excluding hydrogens is 360 g/mol. The smallest absolute Gasteiger partial charge is 0.265 e. The minimum Gasteiger partial charge on any atom is -0.350 e. The number of rotatable bonds is 4. The number of hydrogen-bond acceptors (Lipinski definition) is 5. The van der Waals surface area contributed by atoms with Crippen molar-refractivity contribution in [2.75, 3.05) is 13.1 Å². The molecule has 1 aliphatic heterocycles. The van der Waals surface area contributed by atoms with Crippen LogP contribution in [-0.4, -0.2) is 39.8 Å². The van der Waals surface area contributed by atoms with Gasteiger partial charge in [0, 0.05) is 24.7 Å². The maximum absolute atomic E-state index is 13.0. The van der Waals surface area contributed by atoms with Crippen LogP contribution < -0.4 is 5.32 Å². The van der Waals surface area contributed by atoms with E-state index in [1.807, 2.05) is 36.9 Å². The van der Waals surface area contributed by atoms with Crippen LogP contribution in [0.5, 0.6) is 0 Å². The number of carbonyl (C=O) groups excluding carboxylic acids is 2. The van der Waals surface area contributed by atoms with E-state index in [4.69, 9.17) is 0 Å². The summed E-state index contributed by atoms with van der Waals surface area (Å²) in [7, 11) is 0. The molecule has 2 fully saturated rings. The molecule has 7 heteroatoms. The van der Waals surface area contributed by atoms with Crippen LogP contribution in [0.15, 0.2) is 24.4 Å². The van der Waals surface area contributed by atoms with Crippen molar-refractivity contribution in [2.24, 2.45) is 11.3 Å². The number of pyridine rings is 1. The van der Waals surface area contributed by atoms with Gasteiger partial charge in [0.15, 0.2) is 0 Å². The summed E-state index contributed by atoms with van der Waals surface area (Å²) in [4.78, 5) is 37.1. The second-order valence-electron chi connectivity index (χ2n) is 7.64. The Hall–Kier alpha value is -2.28. The third-order valence-electron chi connectivity index (χ3n) is 5.87. The van der Waals surface area contributed by atoms with Crippen LogP contribution >= 0.6 is 11.3 Å². The average Bonchev–Trinajstić information content (AvgIpc) is 3.20. The van der Waals surface area contributed by atoms with Gasteiger partial charge in [0.05, 0.1) is 28.9 Å². The molecule has 27 heavy (non-hydrogen) atoms. The van der Waals surface area contributed by atoms with Crippen LogP contribution in [-0.2, 0) is 11.3 Å². The summed E-state index contributed by atoms with van der Waals surface area (Å²) >= 11 is 1.44. The molecule has 3 heterocycles. The zero-order chi connectivity index (χ0) is 19.0. The van der Waals surface area contributed by atoms with E-state index >= 15 is 0 Å². The van der Waals surface area contributed by atoms with Crippen molar-refractivity contribution in [1.82, 2.24) is 20.2 Å². The van der Waals surface area contributed by atoms with Crippen molar-refractivity contribution in [3.8, 4) is 0 Å². The number of hydrogen-bond donors (Lipinski definition) is 1. The first kappa shape index (κ1) is 18.1. The first-order valence-electron chi connectivity index (χ1n) is 9.39. The fourth-order valence-corrected chi connectivity index (χ4v) is 5.19. The van der Waals surface area contributed by atoms with Crippen molar-refractivity contribution in [3.05, 3.63) is 45.7 Å². The van der Waals surface area contributed by atoms with Crippen LogP contribution in [0.3, 0.4) is 0 Å². The Morgan fingerprint density at radius 3 is 2.74 bits per heavy atom. The highest BCUT2D eigenvalue weighted by molar-refractivity contribution is 7.13. The fourth-order valence-electron chi connectivity index (χ4n) is 4.30. The summed E-state index contributed by atoms with van der Waals surface area (Å²) in [6, 6.07) is 5.67. The maximum Gasteiger partial charge on any atom is 0.265 e. The van der Waals surface area contributed by atoms with Gasteiger partial charge in [-0.15, -0.1) is 11.3 Å². The first-order chi connectivity index (χ1) is 13.0. The minimum absolute atomic E-state index is 0.0180. The Morgan fingerprint density at radius 1 is 1.33 bits per heavy atom. The second kappa shape index (κ2) is 7.03. The van der Waals surface area contributed by atoms with Crippen LogP contribution in [0.4, 0.5) is 0 Å². The third kappa shape index (κ3) is 3.36. The average molecular weight is 385 g/mol. The lowest BCUT2D eigenvalue weighted by molar-refractivity contribution is -0.129. The highest BCUT2D eigenvalue weighted by atomic mass is 32.1. The molecule has 1 spiro atoms. The highest BCUT2D eigenvalue weighted by Crippen LogP contribution is 2.52. The van der Waals surface area contributed by atoms with Crippen molar-refractivity contribution < 1.29 is 9.59 Å². The van der Waals surface area contributed by atoms with E-state index in [1.54, 1.807) is 6.20 Å². The Bertz CT molecular complexity index is 860. The van der Waals surface area contributed by atoms with E-state index in [0.717, 1.165) is 35.7 Å². The molecule has 2 aliphatic rings. The lowest BCUT2D eigenvalue weighted by atomic mass is 9.62. The van der Waals surface area contributed by atoms with Gasteiger partial charge in [-0.2, -0.15) is 0 Å².